The van der Waals surface area contributed by atoms with Crippen molar-refractivity contribution in [1.82, 2.24) is 10.6 Å². The number of hydrogen-bond acceptors (Lipinski definition) is 3. The summed E-state index contributed by atoms with van der Waals surface area (Å²) >= 11 is 0. The Hall–Kier alpha value is -2.82. The molecule has 5 heteroatoms. The van der Waals surface area contributed by atoms with Gasteiger partial charge >= 0.3 is 6.09 Å². The summed E-state index contributed by atoms with van der Waals surface area (Å²) in [6, 6.07) is 17.3. The molecular weight excluding hydrogens is 328 g/mol. The summed E-state index contributed by atoms with van der Waals surface area (Å²) in [5, 5.41) is 5.23. The molecule has 0 aliphatic carbocycles. The first-order chi connectivity index (χ1) is 12.3. The lowest BCUT2D eigenvalue weighted by atomic mass is 10.0. The molecule has 2 N–H and O–H groups in total. The zero-order valence-electron chi connectivity index (χ0n) is 15.7. The Morgan fingerprint density at radius 1 is 0.962 bits per heavy atom. The molecule has 0 aromatic heterocycles. The highest BCUT2D eigenvalue weighted by Crippen LogP contribution is 2.19. The molecule has 1 atom stereocenters. The molecule has 2 amide bonds. The minimum atomic E-state index is -0.697. The van der Waals surface area contributed by atoms with Gasteiger partial charge < -0.3 is 15.4 Å². The highest BCUT2D eigenvalue weighted by molar-refractivity contribution is 5.85. The van der Waals surface area contributed by atoms with E-state index in [-0.39, 0.29) is 5.91 Å². The van der Waals surface area contributed by atoms with Gasteiger partial charge in [-0.1, -0.05) is 54.6 Å². The molecule has 0 radical (unpaired) electrons. The second-order valence-corrected chi connectivity index (χ2v) is 7.08. The van der Waals surface area contributed by atoms with Crippen molar-refractivity contribution in [3.8, 4) is 11.1 Å². The minimum Gasteiger partial charge on any atom is -0.444 e. The molecule has 5 nitrogen and oxygen atoms in total. The lowest BCUT2D eigenvalue weighted by Crippen LogP contribution is -2.48. The quantitative estimate of drug-likeness (QED) is 0.863. The van der Waals surface area contributed by atoms with Gasteiger partial charge in [-0.25, -0.2) is 4.79 Å². The molecule has 26 heavy (non-hydrogen) atoms. The molecule has 0 unspecified atom stereocenters. The van der Waals surface area contributed by atoms with Gasteiger partial charge in [0.15, 0.2) is 0 Å². The van der Waals surface area contributed by atoms with Crippen LogP contribution in [-0.4, -0.2) is 30.7 Å². The van der Waals surface area contributed by atoms with Crippen molar-refractivity contribution < 1.29 is 14.3 Å². The van der Waals surface area contributed by atoms with Gasteiger partial charge in [0.1, 0.15) is 11.6 Å². The average molecular weight is 354 g/mol. The second kappa shape index (κ2) is 8.52. The molecule has 0 spiro atoms. The van der Waals surface area contributed by atoms with Gasteiger partial charge in [-0.3, -0.25) is 4.79 Å². The topological polar surface area (TPSA) is 67.4 Å². The van der Waals surface area contributed by atoms with Crippen LogP contribution in [0.3, 0.4) is 0 Å². The largest absolute Gasteiger partial charge is 0.444 e. The predicted octanol–water partition coefficient (Wildman–Crippen LogP) is 3.54. The van der Waals surface area contributed by atoms with Crippen LogP contribution in [-0.2, 0) is 16.0 Å². The van der Waals surface area contributed by atoms with Crippen molar-refractivity contribution in [3.05, 3.63) is 60.2 Å². The molecule has 138 valence electrons. The van der Waals surface area contributed by atoms with E-state index in [9.17, 15) is 9.59 Å². The minimum absolute atomic E-state index is 0.261. The zero-order chi connectivity index (χ0) is 19.2. The molecule has 0 bridgehead atoms. The van der Waals surface area contributed by atoms with Crippen LogP contribution in [0.5, 0.6) is 0 Å². The third-order valence-corrected chi connectivity index (χ3v) is 3.75. The Balaban J connectivity index is 2.08. The summed E-state index contributed by atoms with van der Waals surface area (Å²) in [6.45, 7) is 5.34. The summed E-state index contributed by atoms with van der Waals surface area (Å²) in [5.41, 5.74) is 2.57. The van der Waals surface area contributed by atoms with E-state index < -0.39 is 17.7 Å². The molecule has 0 aliphatic rings. The first-order valence-corrected chi connectivity index (χ1v) is 8.64. The SMILES string of the molecule is CNC(=O)[C@H](Cc1ccc(-c2ccccc2)cc1)NC(=O)OC(C)(C)C. The number of amides is 2. The van der Waals surface area contributed by atoms with Gasteiger partial charge in [0.2, 0.25) is 5.91 Å². The number of benzene rings is 2. The number of carbonyl (C=O) groups excluding carboxylic acids is 2. The lowest BCUT2D eigenvalue weighted by molar-refractivity contribution is -0.122. The number of likely N-dealkylation sites (N-methyl/N-ethyl adjacent to an activating group) is 1. The highest BCUT2D eigenvalue weighted by atomic mass is 16.6. The molecule has 0 saturated heterocycles. The summed E-state index contributed by atoms with van der Waals surface area (Å²) in [6.07, 6.45) is -0.222. The van der Waals surface area contributed by atoms with Gasteiger partial charge in [0.25, 0.3) is 0 Å². The van der Waals surface area contributed by atoms with E-state index in [1.54, 1.807) is 27.8 Å². The fourth-order valence-electron chi connectivity index (χ4n) is 2.53. The van der Waals surface area contributed by atoms with E-state index in [1.165, 1.54) is 0 Å². The molecule has 0 aliphatic heterocycles. The van der Waals surface area contributed by atoms with Crippen LogP contribution in [0, 0.1) is 0 Å². The average Bonchev–Trinajstić information content (AvgIpc) is 2.60. The standard InChI is InChI=1S/C21H26N2O3/c1-21(2,3)26-20(25)23-18(19(24)22-4)14-15-10-12-17(13-11-15)16-8-6-5-7-9-16/h5-13,18H,14H2,1-4H3,(H,22,24)(H,23,25)/t18-/m0/s1. The van der Waals surface area contributed by atoms with E-state index in [2.05, 4.69) is 10.6 Å². The van der Waals surface area contributed by atoms with Crippen molar-refractivity contribution in [1.29, 1.82) is 0 Å². The highest BCUT2D eigenvalue weighted by Gasteiger charge is 2.24. The van der Waals surface area contributed by atoms with Crippen LogP contribution in [0.4, 0.5) is 4.79 Å². The van der Waals surface area contributed by atoms with Gasteiger partial charge in [0, 0.05) is 13.5 Å². The Morgan fingerprint density at radius 2 is 1.54 bits per heavy atom. The number of rotatable bonds is 5. The third-order valence-electron chi connectivity index (χ3n) is 3.75. The summed E-state index contributed by atoms with van der Waals surface area (Å²) in [4.78, 5) is 24.1. The van der Waals surface area contributed by atoms with E-state index in [4.69, 9.17) is 4.74 Å². The Morgan fingerprint density at radius 3 is 2.08 bits per heavy atom. The lowest BCUT2D eigenvalue weighted by Gasteiger charge is -2.23. The van der Waals surface area contributed by atoms with E-state index in [0.717, 1.165) is 16.7 Å². The van der Waals surface area contributed by atoms with Crippen LogP contribution in [0.25, 0.3) is 11.1 Å². The molecule has 2 rings (SSSR count). The zero-order valence-corrected chi connectivity index (χ0v) is 15.7. The normalized spacial score (nSPS) is 12.2. The van der Waals surface area contributed by atoms with Crippen LogP contribution in [0.2, 0.25) is 0 Å². The van der Waals surface area contributed by atoms with Crippen molar-refractivity contribution in [3.63, 3.8) is 0 Å². The van der Waals surface area contributed by atoms with Crippen molar-refractivity contribution in [2.45, 2.75) is 38.8 Å². The number of carbonyl (C=O) groups is 2. The first-order valence-electron chi connectivity index (χ1n) is 8.64. The van der Waals surface area contributed by atoms with Gasteiger partial charge in [-0.05, 0) is 37.5 Å². The van der Waals surface area contributed by atoms with Crippen LogP contribution >= 0.6 is 0 Å². The van der Waals surface area contributed by atoms with Crippen molar-refractivity contribution in [2.24, 2.45) is 0 Å². The van der Waals surface area contributed by atoms with Crippen molar-refractivity contribution >= 4 is 12.0 Å². The Labute approximate surface area is 154 Å². The van der Waals surface area contributed by atoms with Crippen LogP contribution < -0.4 is 10.6 Å². The summed E-state index contributed by atoms with van der Waals surface area (Å²) < 4.78 is 5.25. The fraction of sp³-hybridized carbons (Fsp3) is 0.333. The first kappa shape index (κ1) is 19.5. The Kier molecular flexibility index (Phi) is 6.39. The van der Waals surface area contributed by atoms with Crippen molar-refractivity contribution in [2.75, 3.05) is 7.05 Å². The van der Waals surface area contributed by atoms with Crippen LogP contribution in [0.15, 0.2) is 54.6 Å². The van der Waals surface area contributed by atoms with E-state index >= 15 is 0 Å². The molecular formula is C21H26N2O3. The molecule has 2 aromatic carbocycles. The monoisotopic (exact) mass is 354 g/mol. The molecule has 2 aromatic rings. The summed E-state index contributed by atoms with van der Waals surface area (Å²) in [5.74, 6) is -0.261. The maximum Gasteiger partial charge on any atom is 0.408 e. The second-order valence-electron chi connectivity index (χ2n) is 7.08. The Bertz CT molecular complexity index is 734. The number of hydrogen-bond donors (Lipinski definition) is 2. The van der Waals surface area contributed by atoms with Crippen LogP contribution in [0.1, 0.15) is 26.3 Å². The smallest absolute Gasteiger partial charge is 0.408 e. The molecule has 0 fully saturated rings. The van der Waals surface area contributed by atoms with Gasteiger partial charge in [0.05, 0.1) is 0 Å². The predicted molar refractivity (Wildman–Crippen MR) is 103 cm³/mol. The van der Waals surface area contributed by atoms with Gasteiger partial charge in [-0.15, -0.1) is 0 Å². The van der Waals surface area contributed by atoms with E-state index in [0.29, 0.717) is 6.42 Å². The molecule has 0 heterocycles. The number of alkyl carbamates (subject to hydrolysis) is 1. The summed E-state index contributed by atoms with van der Waals surface area (Å²) in [7, 11) is 1.55. The number of ether oxygens (including phenoxy) is 1. The molecule has 0 saturated carbocycles. The fourth-order valence-corrected chi connectivity index (χ4v) is 2.53. The maximum atomic E-state index is 12.1. The maximum absolute atomic E-state index is 12.1. The number of nitrogens with one attached hydrogen (secondary N) is 2. The van der Waals surface area contributed by atoms with Gasteiger partial charge in [-0.2, -0.15) is 0 Å². The third kappa shape index (κ3) is 5.92. The van der Waals surface area contributed by atoms with E-state index in [1.807, 2.05) is 54.6 Å².